The Balaban J connectivity index is 1.75. The molecular weight excluding hydrogens is 478 g/mol. The molecule has 0 spiro atoms. The van der Waals surface area contributed by atoms with Crippen molar-refractivity contribution in [3.05, 3.63) is 64.7 Å². The monoisotopic (exact) mass is 505 g/mol. The van der Waals surface area contributed by atoms with Crippen LogP contribution >= 0.6 is 11.6 Å². The molecule has 0 unspecified atom stereocenters. The number of sulfonamides is 1. The Bertz CT molecular complexity index is 1180. The van der Waals surface area contributed by atoms with Crippen molar-refractivity contribution in [1.29, 1.82) is 0 Å². The maximum absolute atomic E-state index is 13.3. The van der Waals surface area contributed by atoms with Crippen LogP contribution in [0.2, 0.25) is 5.02 Å². The number of likely N-dealkylation sites (N-methyl/N-ethyl adjacent to an activating group) is 1. The molecule has 0 radical (unpaired) electrons. The number of hydrogen-bond donors (Lipinski definition) is 1. The average Bonchev–Trinajstić information content (AvgIpc) is 3.01. The number of amides is 3. The number of halogens is 1. The third-order valence-corrected chi connectivity index (χ3v) is 7.91. The molecule has 2 aromatic rings. The summed E-state index contributed by atoms with van der Waals surface area (Å²) in [6.45, 7) is 4.06. The number of carbonyl (C=O) groups excluding carboxylic acids is 3. The van der Waals surface area contributed by atoms with E-state index in [1.165, 1.54) is 17.0 Å². The zero-order chi connectivity index (χ0) is 24.9. The van der Waals surface area contributed by atoms with E-state index in [0.717, 1.165) is 4.31 Å². The minimum atomic E-state index is -3.93. The van der Waals surface area contributed by atoms with Crippen molar-refractivity contribution >= 4 is 39.3 Å². The van der Waals surface area contributed by atoms with Gasteiger partial charge in [0.05, 0.1) is 5.56 Å². The smallest absolute Gasteiger partial charge is 0.269 e. The summed E-state index contributed by atoms with van der Waals surface area (Å²) >= 11 is 6.29. The van der Waals surface area contributed by atoms with E-state index >= 15 is 0 Å². The van der Waals surface area contributed by atoms with Crippen LogP contribution in [0.5, 0.6) is 0 Å². The van der Waals surface area contributed by atoms with E-state index in [0.29, 0.717) is 23.6 Å². The summed E-state index contributed by atoms with van der Waals surface area (Å²) in [5, 5.41) is 3.25. The molecular formula is C24H28ClN3O5S. The van der Waals surface area contributed by atoms with Crippen LogP contribution in [0.25, 0.3) is 0 Å². The first-order chi connectivity index (χ1) is 16.2. The number of hydrogen-bond acceptors (Lipinski definition) is 5. The molecule has 3 rings (SSSR count). The summed E-state index contributed by atoms with van der Waals surface area (Å²) in [4.78, 5) is 40.0. The van der Waals surface area contributed by atoms with E-state index in [2.05, 4.69) is 5.32 Å². The quantitative estimate of drug-likeness (QED) is 0.534. The average molecular weight is 506 g/mol. The molecule has 1 atom stereocenters. The Kier molecular flexibility index (Phi) is 8.33. The molecule has 0 saturated heterocycles. The second-order valence-corrected chi connectivity index (χ2v) is 10.2. The van der Waals surface area contributed by atoms with E-state index < -0.39 is 22.0 Å². The number of fused-ring (bicyclic) bond motifs is 1. The molecule has 34 heavy (non-hydrogen) atoms. The number of carbonyl (C=O) groups is 3. The number of benzene rings is 2. The van der Waals surface area contributed by atoms with Gasteiger partial charge in [-0.25, -0.2) is 12.7 Å². The first-order valence-electron chi connectivity index (χ1n) is 11.2. The van der Waals surface area contributed by atoms with Crippen LogP contribution in [0.15, 0.2) is 53.4 Å². The molecule has 10 heteroatoms. The molecule has 0 fully saturated rings. The molecule has 0 bridgehead atoms. The molecule has 0 aromatic heterocycles. The van der Waals surface area contributed by atoms with E-state index in [1.54, 1.807) is 43.3 Å². The lowest BCUT2D eigenvalue weighted by molar-refractivity contribution is -0.141. The topological polar surface area (TPSA) is 104 Å². The van der Waals surface area contributed by atoms with Gasteiger partial charge in [0.25, 0.3) is 15.9 Å². The summed E-state index contributed by atoms with van der Waals surface area (Å²) in [7, 11) is -3.93. The predicted octanol–water partition coefficient (Wildman–Crippen LogP) is 3.21. The third-order valence-electron chi connectivity index (χ3n) is 5.70. The van der Waals surface area contributed by atoms with Crippen LogP contribution < -0.4 is 5.32 Å². The molecule has 0 saturated carbocycles. The highest BCUT2D eigenvalue weighted by atomic mass is 35.5. The molecule has 3 amide bonds. The molecule has 1 aliphatic rings. The van der Waals surface area contributed by atoms with Gasteiger partial charge in [0.2, 0.25) is 11.8 Å². The summed E-state index contributed by atoms with van der Waals surface area (Å²) < 4.78 is 26.3. The fourth-order valence-corrected chi connectivity index (χ4v) is 5.79. The van der Waals surface area contributed by atoms with Gasteiger partial charge in [-0.05, 0) is 43.5 Å². The van der Waals surface area contributed by atoms with Crippen molar-refractivity contribution in [2.24, 2.45) is 0 Å². The first-order valence-corrected chi connectivity index (χ1v) is 13.0. The van der Waals surface area contributed by atoms with E-state index in [-0.39, 0.29) is 48.2 Å². The molecule has 1 N–H and O–H groups in total. The van der Waals surface area contributed by atoms with Gasteiger partial charge in [0, 0.05) is 31.1 Å². The fourth-order valence-electron chi connectivity index (χ4n) is 3.99. The van der Waals surface area contributed by atoms with Crippen LogP contribution in [0, 0.1) is 0 Å². The lowest BCUT2D eigenvalue weighted by Crippen LogP contribution is -2.49. The Morgan fingerprint density at radius 1 is 1.09 bits per heavy atom. The second kappa shape index (κ2) is 11.0. The van der Waals surface area contributed by atoms with E-state index in [4.69, 9.17) is 11.6 Å². The number of nitrogens with one attached hydrogen (secondary N) is 1. The predicted molar refractivity (Wildman–Crippen MR) is 129 cm³/mol. The zero-order valence-corrected chi connectivity index (χ0v) is 20.7. The minimum absolute atomic E-state index is 0.0195. The highest BCUT2D eigenvalue weighted by Gasteiger charge is 2.40. The minimum Gasteiger partial charge on any atom is -0.355 e. The van der Waals surface area contributed by atoms with Gasteiger partial charge < -0.3 is 10.2 Å². The van der Waals surface area contributed by atoms with Crippen LogP contribution in [0.4, 0.5) is 0 Å². The molecule has 0 aliphatic carbocycles. The van der Waals surface area contributed by atoms with Crippen molar-refractivity contribution in [3.63, 3.8) is 0 Å². The van der Waals surface area contributed by atoms with Gasteiger partial charge in [-0.15, -0.1) is 0 Å². The van der Waals surface area contributed by atoms with Crippen molar-refractivity contribution in [2.45, 2.75) is 50.6 Å². The molecule has 2 aromatic carbocycles. The highest BCUT2D eigenvalue weighted by Crippen LogP contribution is 2.30. The van der Waals surface area contributed by atoms with Gasteiger partial charge >= 0.3 is 0 Å². The maximum Gasteiger partial charge on any atom is 0.269 e. The van der Waals surface area contributed by atoms with Gasteiger partial charge in [0.1, 0.15) is 10.9 Å². The standard InChI is InChI=1S/C24H28ClN3O5S/c1-3-20(23(30)26-4-2)27(16-17-10-5-7-12-19(17)25)22(29)14-9-15-28-24(31)18-11-6-8-13-21(18)34(28,32)33/h5-8,10-13,20H,3-4,9,14-16H2,1-2H3,(H,26,30)/t20-/m0/s1. The van der Waals surface area contributed by atoms with Crippen LogP contribution in [-0.4, -0.2) is 54.5 Å². The summed E-state index contributed by atoms with van der Waals surface area (Å²) in [6, 6.07) is 12.4. The van der Waals surface area contributed by atoms with Gasteiger partial charge in [0.15, 0.2) is 0 Å². The lowest BCUT2D eigenvalue weighted by atomic mass is 10.1. The van der Waals surface area contributed by atoms with Crippen molar-refractivity contribution in [3.8, 4) is 0 Å². The SMILES string of the molecule is CCNC(=O)[C@H](CC)N(Cc1ccccc1Cl)C(=O)CCCN1C(=O)c2ccccc2S1(=O)=O. The van der Waals surface area contributed by atoms with Crippen molar-refractivity contribution in [2.75, 3.05) is 13.1 Å². The second-order valence-electron chi connectivity index (χ2n) is 7.91. The Hall–Kier alpha value is -2.91. The Labute approximate surface area is 204 Å². The molecule has 1 aliphatic heterocycles. The van der Waals surface area contributed by atoms with Crippen molar-refractivity contribution < 1.29 is 22.8 Å². The van der Waals surface area contributed by atoms with Crippen molar-refractivity contribution in [1.82, 2.24) is 14.5 Å². The van der Waals surface area contributed by atoms with Crippen LogP contribution in [0.3, 0.4) is 0 Å². The fraction of sp³-hybridized carbons (Fsp3) is 0.375. The summed E-state index contributed by atoms with van der Waals surface area (Å²) in [5.74, 6) is -1.18. The van der Waals surface area contributed by atoms with E-state index in [9.17, 15) is 22.8 Å². The first kappa shape index (κ1) is 25.7. The van der Waals surface area contributed by atoms with E-state index in [1.807, 2.05) is 6.92 Å². The maximum atomic E-state index is 13.3. The summed E-state index contributed by atoms with van der Waals surface area (Å²) in [6.07, 6.45) is 0.495. The normalized spacial score (nSPS) is 15.0. The Morgan fingerprint density at radius 2 is 1.76 bits per heavy atom. The number of nitrogens with zero attached hydrogens (tertiary/aromatic N) is 2. The van der Waals surface area contributed by atoms with Gasteiger partial charge in [-0.2, -0.15) is 0 Å². The van der Waals surface area contributed by atoms with Crippen LogP contribution in [-0.2, 0) is 26.2 Å². The lowest BCUT2D eigenvalue weighted by Gasteiger charge is -2.31. The van der Waals surface area contributed by atoms with Crippen LogP contribution in [0.1, 0.15) is 49.0 Å². The largest absolute Gasteiger partial charge is 0.355 e. The molecule has 8 nitrogen and oxygen atoms in total. The third kappa shape index (κ3) is 5.26. The summed E-state index contributed by atoms with van der Waals surface area (Å²) in [5.41, 5.74) is 0.837. The van der Waals surface area contributed by atoms with Gasteiger partial charge in [-0.3, -0.25) is 14.4 Å². The molecule has 1 heterocycles. The van der Waals surface area contributed by atoms with Gasteiger partial charge in [-0.1, -0.05) is 48.9 Å². The molecule has 182 valence electrons. The Morgan fingerprint density at radius 3 is 2.41 bits per heavy atom. The zero-order valence-electron chi connectivity index (χ0n) is 19.2. The highest BCUT2D eigenvalue weighted by molar-refractivity contribution is 7.90. The number of rotatable bonds is 10.